The summed E-state index contributed by atoms with van der Waals surface area (Å²) in [5.41, 5.74) is 2.67. The molecule has 152 valence electrons. The summed E-state index contributed by atoms with van der Waals surface area (Å²) < 4.78 is 6.98. The van der Waals surface area contributed by atoms with Crippen LogP contribution in [-0.4, -0.2) is 48.5 Å². The number of hydrogen-bond acceptors (Lipinski definition) is 7. The van der Waals surface area contributed by atoms with Gasteiger partial charge in [-0.3, -0.25) is 19.3 Å². The molecule has 0 fully saturated rings. The quantitative estimate of drug-likeness (QED) is 0.565. The molecule has 3 rings (SSSR count). The molecule has 0 aromatic carbocycles. The van der Waals surface area contributed by atoms with Crippen molar-refractivity contribution in [1.82, 2.24) is 29.8 Å². The third kappa shape index (κ3) is 4.39. The number of Topliss-reactive ketones (excluding diaryl/α,β-unsaturated/α-hetero) is 1. The Balaban J connectivity index is 1.65. The Morgan fingerprint density at radius 2 is 2.03 bits per heavy atom. The first-order chi connectivity index (χ1) is 13.8. The molecule has 3 aromatic heterocycles. The molecular formula is C20H24N6O3. The number of ketones is 1. The molecule has 9 heteroatoms. The highest BCUT2D eigenvalue weighted by Crippen LogP contribution is 2.21. The Labute approximate surface area is 168 Å². The van der Waals surface area contributed by atoms with E-state index in [0.717, 1.165) is 5.69 Å². The summed E-state index contributed by atoms with van der Waals surface area (Å²) in [6.07, 6.45) is 1.88. The van der Waals surface area contributed by atoms with Crippen LogP contribution < -0.4 is 0 Å². The highest BCUT2D eigenvalue weighted by Gasteiger charge is 2.22. The monoisotopic (exact) mass is 396 g/mol. The van der Waals surface area contributed by atoms with Crippen molar-refractivity contribution in [3.63, 3.8) is 0 Å². The molecule has 29 heavy (non-hydrogen) atoms. The van der Waals surface area contributed by atoms with Crippen molar-refractivity contribution >= 4 is 11.7 Å². The van der Waals surface area contributed by atoms with E-state index in [-0.39, 0.29) is 30.7 Å². The zero-order valence-corrected chi connectivity index (χ0v) is 17.2. The molecule has 0 radical (unpaired) electrons. The van der Waals surface area contributed by atoms with E-state index < -0.39 is 0 Å². The summed E-state index contributed by atoms with van der Waals surface area (Å²) >= 11 is 0. The zero-order chi connectivity index (χ0) is 21.1. The minimum Gasteiger partial charge on any atom is -0.337 e. The average Bonchev–Trinajstić information content (AvgIpc) is 3.26. The van der Waals surface area contributed by atoms with Crippen molar-refractivity contribution in [2.45, 2.75) is 46.7 Å². The first kappa shape index (κ1) is 20.4. The summed E-state index contributed by atoms with van der Waals surface area (Å²) in [6.45, 7) is 7.27. The van der Waals surface area contributed by atoms with Gasteiger partial charge in [-0.05, 0) is 39.8 Å². The Hall–Kier alpha value is -3.36. The topological polar surface area (TPSA) is 107 Å². The Kier molecular flexibility index (Phi) is 5.86. The smallest absolute Gasteiger partial charge is 0.246 e. The van der Waals surface area contributed by atoms with Crippen LogP contribution in [0.15, 0.2) is 28.9 Å². The standard InChI is InChI=1S/C20H24N6O3/c1-12(26-14(3)19(15(4)27)13(2)23-26)10-18(28)25(5)11-17-22-20(24-29-17)16-8-6-7-9-21-16/h6-9,12H,10-11H2,1-5H3. The van der Waals surface area contributed by atoms with Crippen molar-refractivity contribution in [2.24, 2.45) is 0 Å². The normalized spacial score (nSPS) is 12.0. The molecule has 0 saturated carbocycles. The molecular weight excluding hydrogens is 372 g/mol. The molecule has 0 aliphatic rings. The molecule has 0 aliphatic carbocycles. The van der Waals surface area contributed by atoms with Crippen LogP contribution in [0.2, 0.25) is 0 Å². The summed E-state index contributed by atoms with van der Waals surface area (Å²) in [7, 11) is 1.68. The van der Waals surface area contributed by atoms with Gasteiger partial charge in [0, 0.05) is 25.4 Å². The van der Waals surface area contributed by atoms with Gasteiger partial charge in [0.05, 0.1) is 23.8 Å². The van der Waals surface area contributed by atoms with Crippen molar-refractivity contribution in [1.29, 1.82) is 0 Å². The fourth-order valence-electron chi connectivity index (χ4n) is 3.31. The number of rotatable bonds is 7. The largest absolute Gasteiger partial charge is 0.337 e. The molecule has 3 aromatic rings. The van der Waals surface area contributed by atoms with Gasteiger partial charge in [0.25, 0.3) is 0 Å². The van der Waals surface area contributed by atoms with Crippen LogP contribution in [0.1, 0.15) is 53.9 Å². The molecule has 0 bridgehead atoms. The maximum absolute atomic E-state index is 12.7. The maximum atomic E-state index is 12.7. The highest BCUT2D eigenvalue weighted by atomic mass is 16.5. The molecule has 0 aliphatic heterocycles. The maximum Gasteiger partial charge on any atom is 0.246 e. The van der Waals surface area contributed by atoms with Crippen LogP contribution >= 0.6 is 0 Å². The van der Waals surface area contributed by atoms with Gasteiger partial charge in [0.2, 0.25) is 17.6 Å². The van der Waals surface area contributed by atoms with Gasteiger partial charge in [-0.15, -0.1) is 0 Å². The number of nitrogens with zero attached hydrogens (tertiary/aromatic N) is 6. The number of pyridine rings is 1. The van der Waals surface area contributed by atoms with Crippen LogP contribution in [0.3, 0.4) is 0 Å². The predicted octanol–water partition coefficient (Wildman–Crippen LogP) is 2.76. The lowest BCUT2D eigenvalue weighted by Crippen LogP contribution is -2.28. The van der Waals surface area contributed by atoms with E-state index >= 15 is 0 Å². The number of aromatic nitrogens is 5. The van der Waals surface area contributed by atoms with Crippen LogP contribution in [0, 0.1) is 13.8 Å². The lowest BCUT2D eigenvalue weighted by atomic mass is 10.1. The van der Waals surface area contributed by atoms with E-state index in [1.54, 1.807) is 37.0 Å². The molecule has 1 unspecified atom stereocenters. The minimum atomic E-state index is -0.191. The van der Waals surface area contributed by atoms with E-state index in [9.17, 15) is 9.59 Å². The highest BCUT2D eigenvalue weighted by molar-refractivity contribution is 5.96. The van der Waals surface area contributed by atoms with Gasteiger partial charge in [-0.25, -0.2) is 0 Å². The lowest BCUT2D eigenvalue weighted by molar-refractivity contribution is -0.131. The Morgan fingerprint density at radius 1 is 1.28 bits per heavy atom. The predicted molar refractivity (Wildman–Crippen MR) is 105 cm³/mol. The fraction of sp³-hybridized carbons (Fsp3) is 0.400. The Morgan fingerprint density at radius 3 is 2.66 bits per heavy atom. The van der Waals surface area contributed by atoms with E-state index in [1.165, 1.54) is 11.8 Å². The molecule has 0 saturated heterocycles. The second-order valence-corrected chi connectivity index (χ2v) is 7.08. The summed E-state index contributed by atoms with van der Waals surface area (Å²) in [6, 6.07) is 5.24. The van der Waals surface area contributed by atoms with Crippen molar-refractivity contribution in [3.05, 3.63) is 47.2 Å². The molecule has 1 atom stereocenters. The van der Waals surface area contributed by atoms with Crippen LogP contribution in [0.4, 0.5) is 0 Å². The molecule has 0 N–H and O–H groups in total. The second-order valence-electron chi connectivity index (χ2n) is 7.08. The number of amides is 1. The first-order valence-electron chi connectivity index (χ1n) is 9.32. The zero-order valence-electron chi connectivity index (χ0n) is 17.2. The third-order valence-electron chi connectivity index (χ3n) is 4.72. The van der Waals surface area contributed by atoms with Gasteiger partial charge in [0.1, 0.15) is 5.69 Å². The number of hydrogen-bond donors (Lipinski definition) is 0. The summed E-state index contributed by atoms with van der Waals surface area (Å²) in [5.74, 6) is 0.599. The van der Waals surface area contributed by atoms with Crippen LogP contribution in [0.5, 0.6) is 0 Å². The van der Waals surface area contributed by atoms with Crippen molar-refractivity contribution in [3.8, 4) is 11.5 Å². The van der Waals surface area contributed by atoms with Gasteiger partial charge >= 0.3 is 0 Å². The number of carbonyl (C=O) groups excluding carboxylic acids is 2. The second kappa shape index (κ2) is 8.34. The Bertz CT molecular complexity index is 1020. The molecule has 9 nitrogen and oxygen atoms in total. The van der Waals surface area contributed by atoms with Gasteiger partial charge in [-0.1, -0.05) is 11.2 Å². The summed E-state index contributed by atoms with van der Waals surface area (Å²) in [4.78, 5) is 34.5. The first-order valence-corrected chi connectivity index (χ1v) is 9.32. The number of carbonyl (C=O) groups is 2. The number of aryl methyl sites for hydroxylation is 1. The van der Waals surface area contributed by atoms with Gasteiger partial charge in [0.15, 0.2) is 5.78 Å². The summed E-state index contributed by atoms with van der Waals surface area (Å²) in [5, 5.41) is 8.36. The SMILES string of the molecule is CC(=O)c1c(C)nn(C(C)CC(=O)N(C)Cc2nc(-c3ccccn3)no2)c1C. The molecule has 3 heterocycles. The van der Waals surface area contributed by atoms with E-state index in [2.05, 4.69) is 20.2 Å². The molecule has 1 amide bonds. The van der Waals surface area contributed by atoms with Crippen LogP contribution in [-0.2, 0) is 11.3 Å². The van der Waals surface area contributed by atoms with Crippen LogP contribution in [0.25, 0.3) is 11.5 Å². The average molecular weight is 396 g/mol. The van der Waals surface area contributed by atoms with E-state index in [1.807, 2.05) is 19.9 Å². The van der Waals surface area contributed by atoms with E-state index in [0.29, 0.717) is 28.7 Å². The van der Waals surface area contributed by atoms with E-state index in [4.69, 9.17) is 4.52 Å². The van der Waals surface area contributed by atoms with Gasteiger partial charge in [-0.2, -0.15) is 10.1 Å². The molecule has 0 spiro atoms. The fourth-order valence-corrected chi connectivity index (χ4v) is 3.31. The third-order valence-corrected chi connectivity index (χ3v) is 4.72. The van der Waals surface area contributed by atoms with Crippen molar-refractivity contribution < 1.29 is 14.1 Å². The van der Waals surface area contributed by atoms with Crippen molar-refractivity contribution in [2.75, 3.05) is 7.05 Å². The lowest BCUT2D eigenvalue weighted by Gasteiger charge is -2.19. The minimum absolute atomic E-state index is 0.0259. The van der Waals surface area contributed by atoms with Gasteiger partial charge < -0.3 is 9.42 Å².